The Hall–Kier alpha value is -2.02. The molecule has 0 spiro atoms. The summed E-state index contributed by atoms with van der Waals surface area (Å²) in [7, 11) is 0. The Morgan fingerprint density at radius 3 is 2.64 bits per heavy atom. The zero-order chi connectivity index (χ0) is 17.6. The van der Waals surface area contributed by atoms with Crippen molar-refractivity contribution in [2.24, 2.45) is 0 Å². The lowest BCUT2D eigenvalue weighted by atomic mass is 10.1. The van der Waals surface area contributed by atoms with E-state index in [1.54, 1.807) is 12.1 Å². The molecule has 1 atom stereocenters. The molecule has 0 saturated carbocycles. The fraction of sp³-hybridized carbons (Fsp3) is 0.368. The maximum absolute atomic E-state index is 12.4. The van der Waals surface area contributed by atoms with Crippen LogP contribution in [0.3, 0.4) is 0 Å². The van der Waals surface area contributed by atoms with Crippen LogP contribution < -0.4 is 4.74 Å². The van der Waals surface area contributed by atoms with Crippen LogP contribution in [0, 0.1) is 0 Å². The van der Waals surface area contributed by atoms with Gasteiger partial charge in [-0.05, 0) is 28.8 Å². The van der Waals surface area contributed by atoms with Gasteiger partial charge in [-0.2, -0.15) is 8.78 Å². The molecule has 1 N–H and O–H groups in total. The summed E-state index contributed by atoms with van der Waals surface area (Å²) in [6.07, 6.45) is -0.174. The first-order valence-corrected chi connectivity index (χ1v) is 8.21. The molecule has 0 amide bonds. The zero-order valence-corrected chi connectivity index (χ0v) is 13.8. The van der Waals surface area contributed by atoms with Gasteiger partial charge in [-0.3, -0.25) is 4.90 Å². The number of ether oxygens (including phenoxy) is 2. The van der Waals surface area contributed by atoms with Gasteiger partial charge in [0.1, 0.15) is 5.75 Å². The first-order valence-electron chi connectivity index (χ1n) is 8.21. The largest absolute Gasteiger partial charge is 0.435 e. The smallest absolute Gasteiger partial charge is 0.387 e. The number of benzene rings is 2. The Kier molecular flexibility index (Phi) is 5.96. The van der Waals surface area contributed by atoms with E-state index < -0.39 is 6.61 Å². The van der Waals surface area contributed by atoms with Crippen LogP contribution in [0.25, 0.3) is 0 Å². The van der Waals surface area contributed by atoms with Gasteiger partial charge in [0.05, 0.1) is 19.3 Å². The predicted molar refractivity (Wildman–Crippen MR) is 89.4 cm³/mol. The molecule has 134 valence electrons. The van der Waals surface area contributed by atoms with Crippen LogP contribution in [0.5, 0.6) is 5.75 Å². The summed E-state index contributed by atoms with van der Waals surface area (Å²) in [6.45, 7) is 0.0568. The second-order valence-electron chi connectivity index (χ2n) is 6.02. The number of hydrogen-bond donors (Lipinski definition) is 1. The molecule has 1 saturated heterocycles. The number of hydrogen-bond acceptors (Lipinski definition) is 4. The quantitative estimate of drug-likeness (QED) is 0.868. The van der Waals surface area contributed by atoms with E-state index in [1.165, 1.54) is 6.07 Å². The van der Waals surface area contributed by atoms with Crippen molar-refractivity contribution in [2.45, 2.75) is 25.9 Å². The van der Waals surface area contributed by atoms with Crippen LogP contribution in [-0.4, -0.2) is 36.3 Å². The summed E-state index contributed by atoms with van der Waals surface area (Å²) in [4.78, 5) is 2.27. The molecule has 4 nitrogen and oxygen atoms in total. The summed E-state index contributed by atoms with van der Waals surface area (Å²) < 4.78 is 35.0. The number of morpholine rings is 1. The lowest BCUT2D eigenvalue weighted by Crippen LogP contribution is -2.37. The second-order valence-corrected chi connectivity index (χ2v) is 6.02. The number of halogens is 2. The van der Waals surface area contributed by atoms with E-state index in [9.17, 15) is 8.78 Å². The van der Waals surface area contributed by atoms with Crippen molar-refractivity contribution < 1.29 is 23.4 Å². The maximum atomic E-state index is 12.4. The van der Waals surface area contributed by atoms with Crippen LogP contribution in [0.15, 0.2) is 48.5 Å². The number of rotatable bonds is 6. The summed E-state index contributed by atoms with van der Waals surface area (Å²) in [6, 6.07) is 14.5. The fourth-order valence-electron chi connectivity index (χ4n) is 2.95. The van der Waals surface area contributed by atoms with Gasteiger partial charge in [-0.15, -0.1) is 0 Å². The van der Waals surface area contributed by atoms with Crippen LogP contribution >= 0.6 is 0 Å². The van der Waals surface area contributed by atoms with Gasteiger partial charge in [0.15, 0.2) is 0 Å². The van der Waals surface area contributed by atoms with Gasteiger partial charge in [0.25, 0.3) is 0 Å². The molecular weight excluding hydrogens is 328 g/mol. The summed E-state index contributed by atoms with van der Waals surface area (Å²) >= 11 is 0. The third-order valence-electron chi connectivity index (χ3n) is 4.22. The van der Waals surface area contributed by atoms with E-state index in [-0.39, 0.29) is 18.5 Å². The second kappa shape index (κ2) is 8.38. The van der Waals surface area contributed by atoms with Gasteiger partial charge in [-0.1, -0.05) is 36.4 Å². The van der Waals surface area contributed by atoms with E-state index in [0.29, 0.717) is 13.2 Å². The molecule has 0 radical (unpaired) electrons. The molecule has 6 heteroatoms. The van der Waals surface area contributed by atoms with E-state index >= 15 is 0 Å². The average Bonchev–Trinajstić information content (AvgIpc) is 2.62. The monoisotopic (exact) mass is 349 g/mol. The Bertz CT molecular complexity index is 679. The Balaban J connectivity index is 1.64. The third-order valence-corrected chi connectivity index (χ3v) is 4.22. The minimum Gasteiger partial charge on any atom is -0.435 e. The Morgan fingerprint density at radius 1 is 1.16 bits per heavy atom. The highest BCUT2D eigenvalue weighted by Crippen LogP contribution is 2.27. The average molecular weight is 349 g/mol. The van der Waals surface area contributed by atoms with Crippen molar-refractivity contribution >= 4 is 0 Å². The molecule has 1 unspecified atom stereocenters. The molecule has 1 aliphatic rings. The topological polar surface area (TPSA) is 41.9 Å². The van der Waals surface area contributed by atoms with Gasteiger partial charge >= 0.3 is 6.61 Å². The number of alkyl halides is 2. The fourth-order valence-corrected chi connectivity index (χ4v) is 2.95. The number of aliphatic hydroxyl groups excluding tert-OH is 1. The van der Waals surface area contributed by atoms with Crippen molar-refractivity contribution in [3.63, 3.8) is 0 Å². The van der Waals surface area contributed by atoms with Gasteiger partial charge in [-0.25, -0.2) is 0 Å². The predicted octanol–water partition coefficient (Wildman–Crippen LogP) is 3.35. The summed E-state index contributed by atoms with van der Waals surface area (Å²) in [5, 5.41) is 9.10. The van der Waals surface area contributed by atoms with E-state index in [2.05, 4.69) is 9.64 Å². The highest BCUT2D eigenvalue weighted by molar-refractivity contribution is 5.30. The zero-order valence-electron chi connectivity index (χ0n) is 13.8. The molecule has 1 fully saturated rings. The van der Waals surface area contributed by atoms with Gasteiger partial charge < -0.3 is 14.6 Å². The van der Waals surface area contributed by atoms with E-state index in [1.807, 2.05) is 30.3 Å². The molecule has 0 bridgehead atoms. The van der Waals surface area contributed by atoms with Crippen LogP contribution in [0.1, 0.15) is 22.8 Å². The maximum Gasteiger partial charge on any atom is 0.387 e. The Labute approximate surface area is 145 Å². The van der Waals surface area contributed by atoms with Gasteiger partial charge in [0, 0.05) is 19.6 Å². The molecule has 2 aromatic rings. The number of aliphatic hydroxyl groups is 1. The van der Waals surface area contributed by atoms with Crippen LogP contribution in [0.2, 0.25) is 0 Å². The first-order chi connectivity index (χ1) is 12.1. The standard InChI is InChI=1S/C19H21F2NO3/c20-19(21)25-17-3-1-2-16(10-17)18-12-22(8-9-24-18)11-14-4-6-15(13-23)7-5-14/h1-7,10,18-19,23H,8-9,11-13H2. The van der Waals surface area contributed by atoms with Crippen LogP contribution in [-0.2, 0) is 17.9 Å². The lowest BCUT2D eigenvalue weighted by Gasteiger charge is -2.33. The van der Waals surface area contributed by atoms with Crippen molar-refractivity contribution in [3.05, 3.63) is 65.2 Å². The Morgan fingerprint density at radius 2 is 1.92 bits per heavy atom. The molecule has 1 heterocycles. The minimum absolute atomic E-state index is 0.0386. The van der Waals surface area contributed by atoms with E-state index in [4.69, 9.17) is 9.84 Å². The molecule has 0 aromatic heterocycles. The number of nitrogens with zero attached hydrogens (tertiary/aromatic N) is 1. The SMILES string of the molecule is OCc1ccc(CN2CCOC(c3cccc(OC(F)F)c3)C2)cc1. The summed E-state index contributed by atoms with van der Waals surface area (Å²) in [5.41, 5.74) is 2.88. The molecule has 25 heavy (non-hydrogen) atoms. The highest BCUT2D eigenvalue weighted by atomic mass is 19.3. The van der Waals surface area contributed by atoms with Crippen molar-refractivity contribution in [1.29, 1.82) is 0 Å². The lowest BCUT2D eigenvalue weighted by molar-refractivity contribution is -0.0509. The minimum atomic E-state index is -2.83. The normalized spacial score (nSPS) is 18.5. The van der Waals surface area contributed by atoms with Crippen LogP contribution in [0.4, 0.5) is 8.78 Å². The first kappa shape index (κ1) is 17.8. The van der Waals surface area contributed by atoms with Crippen molar-refractivity contribution in [2.75, 3.05) is 19.7 Å². The van der Waals surface area contributed by atoms with Gasteiger partial charge in [0.2, 0.25) is 0 Å². The van der Waals surface area contributed by atoms with Crippen molar-refractivity contribution in [1.82, 2.24) is 4.90 Å². The van der Waals surface area contributed by atoms with Crippen molar-refractivity contribution in [3.8, 4) is 5.75 Å². The third kappa shape index (κ3) is 4.98. The molecule has 1 aliphatic heterocycles. The molecule has 0 aliphatic carbocycles. The highest BCUT2D eigenvalue weighted by Gasteiger charge is 2.22. The summed E-state index contributed by atoms with van der Waals surface area (Å²) in [5.74, 6) is 0.146. The molecule has 3 rings (SSSR count). The molecular formula is C19H21F2NO3. The van der Waals surface area contributed by atoms with E-state index in [0.717, 1.165) is 29.8 Å². The molecule has 2 aromatic carbocycles.